The lowest BCUT2D eigenvalue weighted by molar-refractivity contribution is 0.340. The van der Waals surface area contributed by atoms with Crippen molar-refractivity contribution in [1.82, 2.24) is 19.1 Å². The smallest absolute Gasteiger partial charge is 0.337 e. The molecule has 3 heterocycles. The van der Waals surface area contributed by atoms with Crippen molar-refractivity contribution in [3.63, 3.8) is 0 Å². The van der Waals surface area contributed by atoms with Crippen molar-refractivity contribution in [1.29, 1.82) is 0 Å². The van der Waals surface area contributed by atoms with Gasteiger partial charge in [0, 0.05) is 11.3 Å². The monoisotopic (exact) mass is 482 g/mol. The van der Waals surface area contributed by atoms with Crippen LogP contribution < -0.4 is 16.0 Å². The first-order valence-corrected chi connectivity index (χ1v) is 11.8. The topological polar surface area (TPSA) is 92.2 Å². The van der Waals surface area contributed by atoms with Crippen LogP contribution >= 0.6 is 0 Å². The summed E-state index contributed by atoms with van der Waals surface area (Å²) >= 11 is 0. The van der Waals surface area contributed by atoms with Crippen molar-refractivity contribution < 1.29 is 9.15 Å². The zero-order valence-electron chi connectivity index (χ0n) is 20.6. The summed E-state index contributed by atoms with van der Waals surface area (Å²) in [6.07, 6.45) is 0. The van der Waals surface area contributed by atoms with E-state index in [1.54, 1.807) is 6.92 Å². The Bertz CT molecular complexity index is 1680. The van der Waals surface area contributed by atoms with Crippen molar-refractivity contribution in [2.75, 3.05) is 6.61 Å². The number of aromatic nitrogens is 4. The Labute approximate surface area is 207 Å². The fourth-order valence-corrected chi connectivity index (χ4v) is 4.33. The number of pyridine rings is 1. The van der Waals surface area contributed by atoms with Crippen LogP contribution in [0.5, 0.6) is 5.75 Å². The van der Waals surface area contributed by atoms with Crippen LogP contribution in [-0.2, 0) is 6.54 Å². The Kier molecular flexibility index (Phi) is 6.01. The molecule has 0 saturated carbocycles. The maximum Gasteiger partial charge on any atom is 0.337 e. The van der Waals surface area contributed by atoms with Crippen molar-refractivity contribution in [2.45, 2.75) is 34.2 Å². The van der Waals surface area contributed by atoms with E-state index in [1.807, 2.05) is 81.4 Å². The predicted molar refractivity (Wildman–Crippen MR) is 138 cm³/mol. The summed E-state index contributed by atoms with van der Waals surface area (Å²) in [4.78, 5) is 36.5. The third-order valence-electron chi connectivity index (χ3n) is 6.05. The van der Waals surface area contributed by atoms with E-state index in [4.69, 9.17) is 9.15 Å². The van der Waals surface area contributed by atoms with Gasteiger partial charge in [0.05, 0.1) is 24.2 Å². The lowest BCUT2D eigenvalue weighted by atomic mass is 10.1. The van der Waals surface area contributed by atoms with Crippen LogP contribution in [0.3, 0.4) is 0 Å². The highest BCUT2D eigenvalue weighted by Crippen LogP contribution is 2.25. The second-order valence-electron chi connectivity index (χ2n) is 8.60. The number of fused-ring (bicyclic) bond motifs is 1. The number of nitrogens with zero attached hydrogens (tertiary/aromatic N) is 4. The summed E-state index contributed by atoms with van der Waals surface area (Å²) in [5.41, 5.74) is 2.85. The van der Waals surface area contributed by atoms with E-state index in [2.05, 4.69) is 9.97 Å². The van der Waals surface area contributed by atoms with Gasteiger partial charge in [-0.3, -0.25) is 9.36 Å². The Morgan fingerprint density at radius 3 is 2.36 bits per heavy atom. The molecule has 0 spiro atoms. The first kappa shape index (κ1) is 23.3. The molecule has 5 aromatic rings. The van der Waals surface area contributed by atoms with Gasteiger partial charge in [-0.05, 0) is 75.7 Å². The Morgan fingerprint density at radius 2 is 1.67 bits per heavy atom. The maximum atomic E-state index is 13.7. The summed E-state index contributed by atoms with van der Waals surface area (Å²) in [7, 11) is 0. The number of para-hydroxylation sites is 1. The largest absolute Gasteiger partial charge is 0.494 e. The van der Waals surface area contributed by atoms with Crippen molar-refractivity contribution in [3.8, 4) is 22.9 Å². The van der Waals surface area contributed by atoms with E-state index in [-0.39, 0.29) is 6.54 Å². The lowest BCUT2D eigenvalue weighted by Crippen LogP contribution is -2.40. The van der Waals surface area contributed by atoms with Crippen LogP contribution in [-0.4, -0.2) is 25.7 Å². The fraction of sp³-hybridized carbons (Fsp3) is 0.214. The van der Waals surface area contributed by atoms with E-state index in [0.29, 0.717) is 40.7 Å². The van der Waals surface area contributed by atoms with Gasteiger partial charge in [-0.15, -0.1) is 0 Å². The zero-order valence-corrected chi connectivity index (χ0v) is 20.6. The zero-order chi connectivity index (χ0) is 25.4. The molecule has 0 atom stereocenters. The van der Waals surface area contributed by atoms with Gasteiger partial charge in [0.2, 0.25) is 5.89 Å². The lowest BCUT2D eigenvalue weighted by Gasteiger charge is -2.15. The minimum atomic E-state index is -0.485. The molecule has 0 saturated heterocycles. The molecule has 0 bridgehead atoms. The molecule has 0 fully saturated rings. The molecule has 182 valence electrons. The first-order chi connectivity index (χ1) is 17.4. The molecular weight excluding hydrogens is 456 g/mol. The third kappa shape index (κ3) is 4.11. The van der Waals surface area contributed by atoms with Gasteiger partial charge in [-0.25, -0.2) is 19.3 Å². The molecule has 8 heteroatoms. The molecule has 0 amide bonds. The minimum Gasteiger partial charge on any atom is -0.494 e. The molecule has 0 radical (unpaired) electrons. The number of hydrogen-bond acceptors (Lipinski definition) is 6. The van der Waals surface area contributed by atoms with E-state index in [0.717, 1.165) is 22.6 Å². The van der Waals surface area contributed by atoms with Crippen LogP contribution in [0, 0.1) is 20.8 Å². The number of ether oxygens (including phenoxy) is 1. The van der Waals surface area contributed by atoms with Crippen LogP contribution in [0.1, 0.15) is 29.6 Å². The molecule has 3 aromatic heterocycles. The molecule has 2 aromatic carbocycles. The van der Waals surface area contributed by atoms with Gasteiger partial charge in [-0.2, -0.15) is 0 Å². The minimum absolute atomic E-state index is 0.0277. The first-order valence-electron chi connectivity index (χ1n) is 11.8. The molecule has 36 heavy (non-hydrogen) atoms. The van der Waals surface area contributed by atoms with Gasteiger partial charge in [-0.1, -0.05) is 18.2 Å². The Morgan fingerprint density at radius 1 is 0.944 bits per heavy atom. The van der Waals surface area contributed by atoms with E-state index < -0.39 is 11.2 Å². The third-order valence-corrected chi connectivity index (χ3v) is 6.05. The van der Waals surface area contributed by atoms with Crippen LogP contribution in [0.4, 0.5) is 0 Å². The number of rotatable bonds is 6. The van der Waals surface area contributed by atoms with Crippen LogP contribution in [0.15, 0.2) is 74.7 Å². The standard InChI is InChI=1S/C28H26N4O4/c1-5-35-22-13-11-20(12-14-22)26-30-23(19(4)36-26)16-31-27(33)24-17(2)15-18(3)29-25(24)32(28(31)34)21-9-7-6-8-10-21/h6-15H,5,16H2,1-4H3. The van der Waals surface area contributed by atoms with Gasteiger partial charge >= 0.3 is 5.69 Å². The summed E-state index contributed by atoms with van der Waals surface area (Å²) in [5, 5.41) is 0.400. The van der Waals surface area contributed by atoms with Crippen LogP contribution in [0.2, 0.25) is 0 Å². The molecule has 0 aliphatic heterocycles. The highest BCUT2D eigenvalue weighted by atomic mass is 16.5. The molecular formula is C28H26N4O4. The Hall–Kier alpha value is -4.46. The summed E-state index contributed by atoms with van der Waals surface area (Å²) < 4.78 is 14.1. The van der Waals surface area contributed by atoms with Gasteiger partial charge in [0.15, 0.2) is 5.65 Å². The van der Waals surface area contributed by atoms with Gasteiger partial charge in [0.25, 0.3) is 5.56 Å². The average Bonchev–Trinajstić information content (AvgIpc) is 3.22. The average molecular weight is 483 g/mol. The highest BCUT2D eigenvalue weighted by Gasteiger charge is 2.20. The number of oxazole rings is 1. The summed E-state index contributed by atoms with van der Waals surface area (Å²) in [6.45, 7) is 7.96. The summed E-state index contributed by atoms with van der Waals surface area (Å²) in [6, 6.07) is 18.5. The highest BCUT2D eigenvalue weighted by molar-refractivity contribution is 5.79. The second-order valence-corrected chi connectivity index (χ2v) is 8.60. The molecule has 0 aliphatic carbocycles. The van der Waals surface area contributed by atoms with Crippen LogP contribution in [0.25, 0.3) is 28.2 Å². The second kappa shape index (κ2) is 9.30. The molecule has 8 nitrogen and oxygen atoms in total. The van der Waals surface area contributed by atoms with Crippen molar-refractivity contribution in [2.24, 2.45) is 0 Å². The summed E-state index contributed by atoms with van der Waals surface area (Å²) in [5.74, 6) is 1.71. The van der Waals surface area contributed by atoms with E-state index in [1.165, 1.54) is 9.13 Å². The normalized spacial score (nSPS) is 11.2. The molecule has 0 N–H and O–H groups in total. The quantitative estimate of drug-likeness (QED) is 0.352. The van der Waals surface area contributed by atoms with Gasteiger partial charge in [0.1, 0.15) is 17.2 Å². The predicted octanol–water partition coefficient (Wildman–Crippen LogP) is 4.57. The number of hydrogen-bond donors (Lipinski definition) is 0. The Balaban J connectivity index is 1.65. The van der Waals surface area contributed by atoms with Crippen molar-refractivity contribution in [3.05, 3.63) is 104 Å². The number of benzene rings is 2. The van der Waals surface area contributed by atoms with E-state index >= 15 is 0 Å². The fourth-order valence-electron chi connectivity index (χ4n) is 4.33. The van der Waals surface area contributed by atoms with E-state index in [9.17, 15) is 9.59 Å². The number of aryl methyl sites for hydroxylation is 3. The van der Waals surface area contributed by atoms with Crippen molar-refractivity contribution >= 4 is 11.0 Å². The molecule has 0 aliphatic rings. The molecule has 5 rings (SSSR count). The van der Waals surface area contributed by atoms with Gasteiger partial charge < -0.3 is 9.15 Å². The SMILES string of the molecule is CCOc1ccc(-c2nc(Cn3c(=O)c4c(C)cc(C)nc4n(-c4ccccc4)c3=O)c(C)o2)cc1. The maximum absolute atomic E-state index is 13.7. The molecule has 0 unspecified atom stereocenters.